The molecule has 0 spiro atoms. The van der Waals surface area contributed by atoms with E-state index in [1.807, 2.05) is 37.3 Å². The first-order chi connectivity index (χ1) is 19.4. The van der Waals surface area contributed by atoms with Crippen LogP contribution in [0, 0.1) is 6.92 Å². The lowest BCUT2D eigenvalue weighted by atomic mass is 10.1. The maximum Gasteiger partial charge on any atom is 0.490 e. The molecule has 2 aromatic rings. The smallest absolute Gasteiger partial charge is 0.475 e. The van der Waals surface area contributed by atoms with Gasteiger partial charge in [0, 0.05) is 19.1 Å². The van der Waals surface area contributed by atoms with Crippen LogP contribution in [-0.4, -0.2) is 79.7 Å². The highest BCUT2D eigenvalue weighted by Gasteiger charge is 2.38. The molecule has 0 saturated carbocycles. The van der Waals surface area contributed by atoms with Crippen molar-refractivity contribution in [3.05, 3.63) is 65.7 Å². The van der Waals surface area contributed by atoms with Crippen LogP contribution in [0.2, 0.25) is 0 Å². The minimum atomic E-state index is -5.08. The number of nitrogens with two attached hydrogens (primary N) is 1. The lowest BCUT2D eigenvalue weighted by Crippen LogP contribution is -2.57. The van der Waals surface area contributed by atoms with Crippen molar-refractivity contribution in [1.82, 2.24) is 14.9 Å². The van der Waals surface area contributed by atoms with Crippen molar-refractivity contribution in [3.63, 3.8) is 0 Å². The van der Waals surface area contributed by atoms with Crippen molar-refractivity contribution in [1.29, 1.82) is 0 Å². The van der Waals surface area contributed by atoms with E-state index in [9.17, 15) is 31.2 Å². The number of sulfonamides is 1. The number of rotatable bonds is 10. The van der Waals surface area contributed by atoms with Gasteiger partial charge in [-0.25, -0.2) is 17.9 Å². The van der Waals surface area contributed by atoms with E-state index in [0.29, 0.717) is 13.0 Å². The number of halogens is 3. The minimum absolute atomic E-state index is 0.0359. The van der Waals surface area contributed by atoms with Crippen LogP contribution in [0.4, 0.5) is 13.2 Å². The van der Waals surface area contributed by atoms with Gasteiger partial charge in [0.15, 0.2) is 0 Å². The summed E-state index contributed by atoms with van der Waals surface area (Å²) in [6.45, 7) is 5.80. The van der Waals surface area contributed by atoms with Crippen molar-refractivity contribution in [2.45, 2.75) is 62.5 Å². The first kappa shape index (κ1) is 34.7. The van der Waals surface area contributed by atoms with Gasteiger partial charge in [-0.2, -0.15) is 13.2 Å². The fourth-order valence-electron chi connectivity index (χ4n) is 3.67. The van der Waals surface area contributed by atoms with Crippen molar-refractivity contribution >= 4 is 27.8 Å². The Kier molecular flexibility index (Phi) is 12.0. The number of carbonyl (C=O) groups is 3. The second-order valence-corrected chi connectivity index (χ2v) is 12.0. The van der Waals surface area contributed by atoms with E-state index < -0.39 is 45.7 Å². The number of likely N-dealkylation sites (tertiary alicyclic amines) is 1. The molecule has 0 aliphatic carbocycles. The Bertz CT molecular complexity index is 1320. The monoisotopic (exact) mass is 616 g/mol. The number of nitrogens with zero attached hydrogens (tertiary/aromatic N) is 1. The summed E-state index contributed by atoms with van der Waals surface area (Å²) in [6, 6.07) is 14.7. The van der Waals surface area contributed by atoms with E-state index in [2.05, 4.69) is 10.0 Å². The molecule has 0 radical (unpaired) electrons. The van der Waals surface area contributed by atoms with Crippen molar-refractivity contribution < 1.29 is 45.8 Å². The zero-order chi connectivity index (χ0) is 31.7. The normalized spacial score (nSPS) is 16.3. The van der Waals surface area contributed by atoms with Crippen LogP contribution in [0.25, 0.3) is 0 Å². The van der Waals surface area contributed by atoms with Gasteiger partial charge in [0.25, 0.3) is 0 Å². The van der Waals surface area contributed by atoms with E-state index in [4.69, 9.17) is 20.4 Å². The molecule has 5 N–H and O–H groups in total. The average molecular weight is 617 g/mol. The van der Waals surface area contributed by atoms with E-state index in [-0.39, 0.29) is 30.6 Å². The third-order valence-electron chi connectivity index (χ3n) is 5.98. The number of alkyl halides is 3. The minimum Gasteiger partial charge on any atom is -0.475 e. The zero-order valence-corrected chi connectivity index (χ0v) is 24.2. The van der Waals surface area contributed by atoms with Crippen molar-refractivity contribution in [3.8, 4) is 0 Å². The van der Waals surface area contributed by atoms with Gasteiger partial charge in [-0.3, -0.25) is 9.59 Å². The predicted molar refractivity (Wildman–Crippen MR) is 146 cm³/mol. The highest BCUT2D eigenvalue weighted by atomic mass is 32.2. The van der Waals surface area contributed by atoms with E-state index in [1.54, 1.807) is 43.0 Å². The summed E-state index contributed by atoms with van der Waals surface area (Å²) in [5, 5.41) is 9.82. The average Bonchev–Trinajstić information content (AvgIpc) is 3.35. The highest BCUT2D eigenvalue weighted by Crippen LogP contribution is 2.17. The standard InChI is InChI=1S/C25H34N4O5S.C2HF3O2/c1-18-9-11-21(12-10-18)35(32,33)28-20-13-14-29(15-20)23(30)22(27-24(31)25(2,3)26)17-34-16-19-7-5-4-6-8-19;3-2(4,5)1(6)7/h4-12,20,22,28H,13-17,26H2,1-3H3,(H,27,31);(H,6,7)/t20?,22-;/m1./s1. The number of carboxylic acids is 1. The summed E-state index contributed by atoms with van der Waals surface area (Å²) in [5.74, 6) is -3.57. The van der Waals surface area contributed by atoms with Gasteiger partial charge in [0.05, 0.1) is 23.6 Å². The fourth-order valence-corrected chi connectivity index (χ4v) is 4.93. The Morgan fingerprint density at radius 2 is 1.67 bits per heavy atom. The van der Waals surface area contributed by atoms with Crippen LogP contribution in [0.5, 0.6) is 0 Å². The molecule has 2 amide bonds. The highest BCUT2D eigenvalue weighted by molar-refractivity contribution is 7.89. The Morgan fingerprint density at radius 1 is 1.10 bits per heavy atom. The lowest BCUT2D eigenvalue weighted by molar-refractivity contribution is -0.192. The number of aryl methyl sites for hydroxylation is 1. The molecule has 15 heteroatoms. The summed E-state index contributed by atoms with van der Waals surface area (Å²) >= 11 is 0. The molecule has 1 unspecified atom stereocenters. The Balaban J connectivity index is 0.000000782. The van der Waals surface area contributed by atoms with Crippen LogP contribution in [0.1, 0.15) is 31.4 Å². The molecule has 3 rings (SSSR count). The molecule has 42 heavy (non-hydrogen) atoms. The molecule has 1 aliphatic rings. The molecule has 232 valence electrons. The quantitative estimate of drug-likeness (QED) is 0.314. The van der Waals surface area contributed by atoms with E-state index in [1.165, 1.54) is 0 Å². The number of hydrogen-bond donors (Lipinski definition) is 4. The molecular weight excluding hydrogens is 581 g/mol. The maximum absolute atomic E-state index is 13.3. The Labute approximate surface area is 242 Å². The van der Waals surface area contributed by atoms with E-state index in [0.717, 1.165) is 11.1 Å². The summed E-state index contributed by atoms with van der Waals surface area (Å²) in [4.78, 5) is 36.4. The van der Waals surface area contributed by atoms with Crippen molar-refractivity contribution in [2.75, 3.05) is 19.7 Å². The van der Waals surface area contributed by atoms with Crippen LogP contribution >= 0.6 is 0 Å². The number of carboxylic acid groups (broad SMARTS) is 1. The molecular formula is C27H35F3N4O7S. The summed E-state index contributed by atoms with van der Waals surface area (Å²) in [7, 11) is -3.71. The first-order valence-electron chi connectivity index (χ1n) is 12.8. The topological polar surface area (TPSA) is 168 Å². The van der Waals surface area contributed by atoms with Crippen LogP contribution in [0.15, 0.2) is 59.5 Å². The number of nitrogens with one attached hydrogen (secondary N) is 2. The van der Waals surface area contributed by atoms with Crippen LogP contribution in [0.3, 0.4) is 0 Å². The Morgan fingerprint density at radius 3 is 2.19 bits per heavy atom. The van der Waals surface area contributed by atoms with Crippen LogP contribution in [-0.2, 0) is 35.8 Å². The number of carbonyl (C=O) groups excluding carboxylic acids is 2. The summed E-state index contributed by atoms with van der Waals surface area (Å²) < 4.78 is 65.6. The lowest BCUT2D eigenvalue weighted by Gasteiger charge is -2.27. The van der Waals surface area contributed by atoms with Gasteiger partial charge in [0.1, 0.15) is 6.04 Å². The zero-order valence-electron chi connectivity index (χ0n) is 23.3. The maximum atomic E-state index is 13.3. The third kappa shape index (κ3) is 11.0. The van der Waals surface area contributed by atoms with E-state index >= 15 is 0 Å². The molecule has 11 nitrogen and oxygen atoms in total. The molecule has 1 fully saturated rings. The number of amides is 2. The molecule has 2 atom stereocenters. The number of hydrogen-bond acceptors (Lipinski definition) is 7. The third-order valence-corrected chi connectivity index (χ3v) is 7.52. The van der Waals surface area contributed by atoms with Gasteiger partial charge >= 0.3 is 12.1 Å². The van der Waals surface area contributed by atoms with Gasteiger partial charge in [0.2, 0.25) is 21.8 Å². The largest absolute Gasteiger partial charge is 0.490 e. The predicted octanol–water partition coefficient (Wildman–Crippen LogP) is 1.95. The number of benzene rings is 2. The SMILES string of the molecule is Cc1ccc(S(=O)(=O)NC2CCN(C(=O)[C@@H](COCc3ccccc3)NC(=O)C(C)(C)N)C2)cc1.O=C(O)C(F)(F)F. The molecule has 1 aliphatic heterocycles. The Hall–Kier alpha value is -3.53. The molecule has 1 saturated heterocycles. The van der Waals surface area contributed by atoms with Gasteiger partial charge < -0.3 is 25.8 Å². The molecule has 2 aromatic carbocycles. The van der Waals surface area contributed by atoms with Gasteiger partial charge in [-0.05, 0) is 44.9 Å². The fraction of sp³-hybridized carbons (Fsp3) is 0.444. The second kappa shape index (κ2) is 14.6. The van der Waals surface area contributed by atoms with Crippen molar-refractivity contribution in [2.24, 2.45) is 5.73 Å². The van der Waals surface area contributed by atoms with Gasteiger partial charge in [-0.1, -0.05) is 48.0 Å². The van der Waals surface area contributed by atoms with Crippen LogP contribution < -0.4 is 15.8 Å². The first-order valence-corrected chi connectivity index (χ1v) is 14.3. The molecule has 0 aromatic heterocycles. The molecule has 0 bridgehead atoms. The summed E-state index contributed by atoms with van der Waals surface area (Å²) in [5.41, 5.74) is 6.63. The number of ether oxygens (including phenoxy) is 1. The summed E-state index contributed by atoms with van der Waals surface area (Å²) in [6.07, 6.45) is -4.62. The second-order valence-electron chi connectivity index (χ2n) is 10.3. The molecule has 1 heterocycles. The number of aliphatic carboxylic acids is 1. The van der Waals surface area contributed by atoms with Gasteiger partial charge in [-0.15, -0.1) is 0 Å².